The van der Waals surface area contributed by atoms with Crippen molar-refractivity contribution < 1.29 is 32.6 Å². The summed E-state index contributed by atoms with van der Waals surface area (Å²) in [7, 11) is 0. The van der Waals surface area contributed by atoms with E-state index in [1.165, 1.54) is 0 Å². The fourth-order valence-corrected chi connectivity index (χ4v) is 3.47. The standard InChI is InChI=1S/C26H31N3O2.C2HF3O2/c1-2-31-24(30)18-12-4-3-5-13-19-27-26-28-20-23(21-14-8-6-9-15-21)25(29-26)22-16-10-7-11-17-22;3-2(4,5)1(6)7/h6-11,14-17,20H,2-5,12-13,18-19H2,1H3,(H,27,28,29);(H,6,7). The minimum Gasteiger partial charge on any atom is -0.475 e. The van der Waals surface area contributed by atoms with E-state index in [-0.39, 0.29) is 5.97 Å². The first-order valence-corrected chi connectivity index (χ1v) is 12.4. The zero-order valence-electron chi connectivity index (χ0n) is 21.2. The number of nitrogens with zero attached hydrogens (tertiary/aromatic N) is 2. The van der Waals surface area contributed by atoms with E-state index in [0.717, 1.165) is 61.0 Å². The molecule has 0 saturated heterocycles. The van der Waals surface area contributed by atoms with Gasteiger partial charge in [0.05, 0.1) is 12.3 Å². The van der Waals surface area contributed by atoms with Gasteiger partial charge in [0.2, 0.25) is 5.95 Å². The molecular weight excluding hydrogens is 499 g/mol. The van der Waals surface area contributed by atoms with Gasteiger partial charge >= 0.3 is 18.1 Å². The number of ether oxygens (including phenoxy) is 1. The number of rotatable bonds is 12. The highest BCUT2D eigenvalue weighted by molar-refractivity contribution is 5.80. The molecule has 0 aliphatic rings. The van der Waals surface area contributed by atoms with Crippen molar-refractivity contribution in [2.75, 3.05) is 18.5 Å². The fraction of sp³-hybridized carbons (Fsp3) is 0.357. The summed E-state index contributed by atoms with van der Waals surface area (Å²) in [5.74, 6) is -2.19. The number of carboxylic acids is 1. The number of hydrogen-bond donors (Lipinski definition) is 2. The molecule has 2 N–H and O–H groups in total. The third kappa shape index (κ3) is 11.0. The molecule has 0 saturated carbocycles. The first-order valence-electron chi connectivity index (χ1n) is 12.4. The van der Waals surface area contributed by atoms with Gasteiger partial charge in [0, 0.05) is 30.3 Å². The molecule has 10 heteroatoms. The van der Waals surface area contributed by atoms with Crippen LogP contribution in [0.15, 0.2) is 66.9 Å². The molecule has 0 fully saturated rings. The van der Waals surface area contributed by atoms with Crippen LogP contribution in [-0.4, -0.2) is 46.3 Å². The molecule has 0 spiro atoms. The Hall–Kier alpha value is -3.95. The van der Waals surface area contributed by atoms with Gasteiger partial charge in [0.25, 0.3) is 0 Å². The molecule has 3 aromatic rings. The summed E-state index contributed by atoms with van der Waals surface area (Å²) in [6, 6.07) is 20.5. The van der Waals surface area contributed by atoms with E-state index in [9.17, 15) is 18.0 Å². The highest BCUT2D eigenvalue weighted by Gasteiger charge is 2.38. The van der Waals surface area contributed by atoms with E-state index in [2.05, 4.69) is 34.6 Å². The fourth-order valence-electron chi connectivity index (χ4n) is 3.47. The van der Waals surface area contributed by atoms with Crippen LogP contribution in [0.25, 0.3) is 22.4 Å². The van der Waals surface area contributed by atoms with E-state index in [4.69, 9.17) is 19.6 Å². The molecular formula is C28H32F3N3O4. The third-order valence-electron chi connectivity index (χ3n) is 5.31. The summed E-state index contributed by atoms with van der Waals surface area (Å²) in [4.78, 5) is 29.6. The second kappa shape index (κ2) is 16.0. The molecule has 0 atom stereocenters. The Labute approximate surface area is 220 Å². The molecule has 0 radical (unpaired) electrons. The molecule has 0 aliphatic heterocycles. The second-order valence-corrected chi connectivity index (χ2v) is 8.24. The number of aromatic nitrogens is 2. The maximum atomic E-state index is 11.3. The van der Waals surface area contributed by atoms with E-state index in [1.807, 2.05) is 49.5 Å². The highest BCUT2D eigenvalue weighted by atomic mass is 19.4. The Morgan fingerprint density at radius 2 is 1.45 bits per heavy atom. The molecule has 0 amide bonds. The van der Waals surface area contributed by atoms with Crippen LogP contribution >= 0.6 is 0 Å². The minimum atomic E-state index is -5.08. The molecule has 204 valence electrons. The van der Waals surface area contributed by atoms with Crippen LogP contribution in [0.4, 0.5) is 19.1 Å². The van der Waals surface area contributed by atoms with Crippen molar-refractivity contribution >= 4 is 17.9 Å². The van der Waals surface area contributed by atoms with Gasteiger partial charge in [-0.25, -0.2) is 14.8 Å². The second-order valence-electron chi connectivity index (χ2n) is 8.24. The van der Waals surface area contributed by atoms with Crippen LogP contribution in [0.5, 0.6) is 0 Å². The number of hydrogen-bond acceptors (Lipinski definition) is 6. The van der Waals surface area contributed by atoms with Crippen LogP contribution in [0.3, 0.4) is 0 Å². The minimum absolute atomic E-state index is 0.0884. The highest BCUT2D eigenvalue weighted by Crippen LogP contribution is 2.30. The molecule has 0 aliphatic carbocycles. The number of carboxylic acid groups (broad SMARTS) is 1. The van der Waals surface area contributed by atoms with Crippen molar-refractivity contribution in [1.29, 1.82) is 0 Å². The van der Waals surface area contributed by atoms with Crippen LogP contribution < -0.4 is 5.32 Å². The van der Waals surface area contributed by atoms with Gasteiger partial charge < -0.3 is 15.2 Å². The number of alkyl halides is 3. The topological polar surface area (TPSA) is 101 Å². The maximum Gasteiger partial charge on any atom is 0.490 e. The van der Waals surface area contributed by atoms with Crippen LogP contribution in [0.2, 0.25) is 0 Å². The first-order chi connectivity index (χ1) is 18.2. The van der Waals surface area contributed by atoms with Crippen molar-refractivity contribution in [1.82, 2.24) is 9.97 Å². The normalized spacial score (nSPS) is 10.7. The number of carbonyl (C=O) groups is 2. The van der Waals surface area contributed by atoms with Crippen molar-refractivity contribution in [3.8, 4) is 22.4 Å². The number of aliphatic carboxylic acids is 1. The van der Waals surface area contributed by atoms with E-state index in [0.29, 0.717) is 19.0 Å². The smallest absolute Gasteiger partial charge is 0.475 e. The Bertz CT molecular complexity index is 1130. The van der Waals surface area contributed by atoms with Crippen molar-refractivity contribution in [3.05, 3.63) is 66.9 Å². The summed E-state index contributed by atoms with van der Waals surface area (Å²) >= 11 is 0. The van der Waals surface area contributed by atoms with Gasteiger partial charge in [0.15, 0.2) is 0 Å². The summed E-state index contributed by atoms with van der Waals surface area (Å²) in [5, 5.41) is 10.5. The number of nitrogens with one attached hydrogen (secondary N) is 1. The van der Waals surface area contributed by atoms with E-state index < -0.39 is 12.1 Å². The SMILES string of the molecule is CCOC(=O)CCCCCCCNc1ncc(-c2ccccc2)c(-c2ccccc2)n1.O=C(O)C(F)(F)F. The monoisotopic (exact) mass is 531 g/mol. The summed E-state index contributed by atoms with van der Waals surface area (Å²) in [6.45, 7) is 3.13. The molecule has 2 aromatic carbocycles. The van der Waals surface area contributed by atoms with E-state index >= 15 is 0 Å². The summed E-state index contributed by atoms with van der Waals surface area (Å²) < 4.78 is 36.7. The van der Waals surface area contributed by atoms with Gasteiger partial charge in [0.1, 0.15) is 0 Å². The molecule has 38 heavy (non-hydrogen) atoms. The lowest BCUT2D eigenvalue weighted by Gasteiger charge is -2.12. The Balaban J connectivity index is 0.000000638. The van der Waals surface area contributed by atoms with Crippen LogP contribution in [0, 0.1) is 0 Å². The van der Waals surface area contributed by atoms with Crippen LogP contribution in [0.1, 0.15) is 45.4 Å². The predicted octanol–water partition coefficient (Wildman–Crippen LogP) is 6.76. The average Bonchev–Trinajstić information content (AvgIpc) is 2.91. The Kier molecular flexibility index (Phi) is 12.8. The predicted molar refractivity (Wildman–Crippen MR) is 139 cm³/mol. The first kappa shape index (κ1) is 30.3. The average molecular weight is 532 g/mol. The molecule has 7 nitrogen and oxygen atoms in total. The van der Waals surface area contributed by atoms with Crippen LogP contribution in [-0.2, 0) is 14.3 Å². The van der Waals surface area contributed by atoms with Gasteiger partial charge in [-0.05, 0) is 25.3 Å². The van der Waals surface area contributed by atoms with Crippen molar-refractivity contribution in [2.45, 2.75) is 51.6 Å². The Morgan fingerprint density at radius 1 is 0.895 bits per heavy atom. The lowest BCUT2D eigenvalue weighted by Crippen LogP contribution is -2.21. The number of unbranched alkanes of at least 4 members (excludes halogenated alkanes) is 4. The number of carbonyl (C=O) groups excluding carboxylic acids is 1. The zero-order valence-corrected chi connectivity index (χ0v) is 21.2. The third-order valence-corrected chi connectivity index (χ3v) is 5.31. The molecule has 0 unspecified atom stereocenters. The molecule has 1 aromatic heterocycles. The van der Waals surface area contributed by atoms with E-state index in [1.54, 1.807) is 0 Å². The van der Waals surface area contributed by atoms with Gasteiger partial charge in [-0.15, -0.1) is 0 Å². The number of benzene rings is 2. The van der Waals surface area contributed by atoms with Gasteiger partial charge in [-0.1, -0.05) is 79.9 Å². The van der Waals surface area contributed by atoms with Crippen molar-refractivity contribution in [2.24, 2.45) is 0 Å². The zero-order chi connectivity index (χ0) is 27.8. The number of esters is 1. The quantitative estimate of drug-likeness (QED) is 0.197. The lowest BCUT2D eigenvalue weighted by molar-refractivity contribution is -0.192. The number of halogens is 3. The van der Waals surface area contributed by atoms with Gasteiger partial charge in [-0.2, -0.15) is 13.2 Å². The molecule has 0 bridgehead atoms. The number of anilines is 1. The summed E-state index contributed by atoms with van der Waals surface area (Å²) in [5.41, 5.74) is 4.14. The largest absolute Gasteiger partial charge is 0.490 e. The van der Waals surface area contributed by atoms with Crippen molar-refractivity contribution in [3.63, 3.8) is 0 Å². The Morgan fingerprint density at radius 3 is 2.03 bits per heavy atom. The molecule has 3 rings (SSSR count). The lowest BCUT2D eigenvalue weighted by atomic mass is 10.0. The van der Waals surface area contributed by atoms with Gasteiger partial charge in [-0.3, -0.25) is 4.79 Å². The summed E-state index contributed by atoms with van der Waals surface area (Å²) in [6.07, 6.45) is 2.58. The maximum absolute atomic E-state index is 11.3. The molecule has 1 heterocycles.